The number of anilines is 1. The maximum Gasteiger partial charge on any atom is 0.228 e. The van der Waals surface area contributed by atoms with Crippen molar-refractivity contribution in [1.82, 2.24) is 4.72 Å². The van der Waals surface area contributed by atoms with Crippen molar-refractivity contribution in [2.24, 2.45) is 0 Å². The Balaban J connectivity index is 2.09. The van der Waals surface area contributed by atoms with Gasteiger partial charge in [-0.2, -0.15) is 0 Å². The molecule has 1 fully saturated rings. The third kappa shape index (κ3) is 3.29. The number of carbonyl (C=O) groups is 1. The average molecular weight is 298 g/mol. The second-order valence-corrected chi connectivity index (χ2v) is 6.67. The molecule has 1 heterocycles. The largest absolute Gasteiger partial charge is 0.497 e. The summed E-state index contributed by atoms with van der Waals surface area (Å²) in [5.74, 6) is 0.642. The number of methoxy groups -OCH3 is 1. The van der Waals surface area contributed by atoms with Crippen LogP contribution >= 0.6 is 0 Å². The minimum Gasteiger partial charge on any atom is -0.497 e. The second-order valence-electron chi connectivity index (χ2n) is 4.62. The molecule has 6 nitrogen and oxygen atoms in total. The van der Waals surface area contributed by atoms with Gasteiger partial charge in [0.15, 0.2) is 0 Å². The van der Waals surface area contributed by atoms with Gasteiger partial charge in [0.1, 0.15) is 5.75 Å². The van der Waals surface area contributed by atoms with Crippen LogP contribution in [0.15, 0.2) is 24.3 Å². The first kappa shape index (κ1) is 14.8. The average Bonchev–Trinajstić information content (AvgIpc) is 2.79. The van der Waals surface area contributed by atoms with Crippen LogP contribution < -0.4 is 14.4 Å². The van der Waals surface area contributed by atoms with E-state index in [2.05, 4.69) is 4.72 Å². The molecule has 1 N–H and O–H groups in total. The molecule has 20 heavy (non-hydrogen) atoms. The number of nitrogens with one attached hydrogen (secondary N) is 1. The summed E-state index contributed by atoms with van der Waals surface area (Å²) in [6.45, 7) is 1.92. The van der Waals surface area contributed by atoms with E-state index < -0.39 is 10.0 Å². The highest BCUT2D eigenvalue weighted by molar-refractivity contribution is 7.89. The Morgan fingerprint density at radius 2 is 2.00 bits per heavy atom. The smallest absolute Gasteiger partial charge is 0.228 e. The molecule has 1 aromatic rings. The number of sulfonamides is 1. The summed E-state index contributed by atoms with van der Waals surface area (Å²) >= 11 is 0. The highest BCUT2D eigenvalue weighted by Crippen LogP contribution is 2.24. The van der Waals surface area contributed by atoms with Gasteiger partial charge in [0.2, 0.25) is 15.9 Å². The SMILES string of the molecule is CCS(=O)(=O)N[C@H]1CC(=O)N(c2ccc(OC)cc2)C1. The molecule has 7 heteroatoms. The van der Waals surface area contributed by atoms with Gasteiger partial charge in [0, 0.05) is 24.7 Å². The predicted molar refractivity (Wildman–Crippen MR) is 76.3 cm³/mol. The van der Waals surface area contributed by atoms with Crippen molar-refractivity contribution >= 4 is 21.6 Å². The minimum atomic E-state index is -3.29. The van der Waals surface area contributed by atoms with Crippen molar-refractivity contribution in [2.45, 2.75) is 19.4 Å². The summed E-state index contributed by atoms with van der Waals surface area (Å²) in [7, 11) is -1.72. The van der Waals surface area contributed by atoms with E-state index in [1.54, 1.807) is 43.2 Å². The summed E-state index contributed by atoms with van der Waals surface area (Å²) in [5.41, 5.74) is 0.744. The zero-order chi connectivity index (χ0) is 14.8. The molecule has 1 aliphatic rings. The van der Waals surface area contributed by atoms with Crippen LogP contribution in [-0.4, -0.2) is 39.8 Å². The molecule has 1 atom stereocenters. The molecular weight excluding hydrogens is 280 g/mol. The van der Waals surface area contributed by atoms with Crippen LogP contribution in [0.1, 0.15) is 13.3 Å². The van der Waals surface area contributed by atoms with Gasteiger partial charge >= 0.3 is 0 Å². The molecule has 110 valence electrons. The van der Waals surface area contributed by atoms with E-state index in [0.717, 1.165) is 5.69 Å². The van der Waals surface area contributed by atoms with E-state index in [9.17, 15) is 13.2 Å². The molecule has 1 saturated heterocycles. The van der Waals surface area contributed by atoms with Gasteiger partial charge in [-0.1, -0.05) is 0 Å². The first-order chi connectivity index (χ1) is 9.45. The Kier molecular flexibility index (Phi) is 4.29. The van der Waals surface area contributed by atoms with Crippen molar-refractivity contribution in [3.8, 4) is 5.75 Å². The highest BCUT2D eigenvalue weighted by Gasteiger charge is 2.32. The van der Waals surface area contributed by atoms with Crippen molar-refractivity contribution < 1.29 is 17.9 Å². The number of hydrogen-bond donors (Lipinski definition) is 1. The summed E-state index contributed by atoms with van der Waals surface area (Å²) in [5, 5.41) is 0. The maximum atomic E-state index is 12.0. The van der Waals surface area contributed by atoms with Crippen LogP contribution in [0.4, 0.5) is 5.69 Å². The Labute approximate surface area is 118 Å². The van der Waals surface area contributed by atoms with Crippen molar-refractivity contribution in [2.75, 3.05) is 24.3 Å². The van der Waals surface area contributed by atoms with Crippen LogP contribution in [0.5, 0.6) is 5.75 Å². The van der Waals surface area contributed by atoms with Gasteiger partial charge in [-0.15, -0.1) is 0 Å². The number of amides is 1. The molecule has 0 aromatic heterocycles. The van der Waals surface area contributed by atoms with E-state index in [0.29, 0.717) is 12.3 Å². The Hall–Kier alpha value is -1.60. The van der Waals surface area contributed by atoms with Gasteiger partial charge < -0.3 is 9.64 Å². The third-order valence-electron chi connectivity index (χ3n) is 3.24. The van der Waals surface area contributed by atoms with Gasteiger partial charge in [-0.05, 0) is 31.2 Å². The van der Waals surface area contributed by atoms with Crippen LogP contribution in [0.25, 0.3) is 0 Å². The predicted octanol–water partition coefficient (Wildman–Crippen LogP) is 0.740. The zero-order valence-corrected chi connectivity index (χ0v) is 12.3. The molecule has 0 aliphatic carbocycles. The van der Waals surface area contributed by atoms with Crippen molar-refractivity contribution in [3.63, 3.8) is 0 Å². The molecule has 1 aromatic carbocycles. The topological polar surface area (TPSA) is 75.7 Å². The number of nitrogens with zero attached hydrogens (tertiary/aromatic N) is 1. The Bertz CT molecular complexity index is 583. The molecule has 1 aliphatic heterocycles. The standard InChI is InChI=1S/C13H18N2O4S/c1-3-20(17,18)14-10-8-13(16)15(9-10)11-4-6-12(19-2)7-5-11/h4-7,10,14H,3,8-9H2,1-2H3/t10-/m0/s1. The number of rotatable bonds is 5. The molecule has 0 spiro atoms. The lowest BCUT2D eigenvalue weighted by Crippen LogP contribution is -2.37. The van der Waals surface area contributed by atoms with Crippen LogP contribution in [-0.2, 0) is 14.8 Å². The van der Waals surface area contributed by atoms with Gasteiger partial charge in [0.05, 0.1) is 12.9 Å². The van der Waals surface area contributed by atoms with E-state index in [1.165, 1.54) is 0 Å². The second kappa shape index (κ2) is 5.80. The summed E-state index contributed by atoms with van der Waals surface area (Å²) < 4.78 is 30.7. The monoisotopic (exact) mass is 298 g/mol. The van der Waals surface area contributed by atoms with E-state index in [4.69, 9.17) is 4.74 Å². The molecule has 0 bridgehead atoms. The van der Waals surface area contributed by atoms with E-state index >= 15 is 0 Å². The molecule has 0 radical (unpaired) electrons. The zero-order valence-electron chi connectivity index (χ0n) is 11.5. The molecule has 2 rings (SSSR count). The normalized spacial score (nSPS) is 19.4. The van der Waals surface area contributed by atoms with Crippen LogP contribution in [0.3, 0.4) is 0 Å². The lowest BCUT2D eigenvalue weighted by atomic mass is 10.3. The van der Waals surface area contributed by atoms with Gasteiger partial charge in [0.25, 0.3) is 0 Å². The Morgan fingerprint density at radius 3 is 2.55 bits per heavy atom. The fraction of sp³-hybridized carbons (Fsp3) is 0.462. The number of benzene rings is 1. The van der Waals surface area contributed by atoms with E-state index in [1.807, 2.05) is 0 Å². The fourth-order valence-electron chi connectivity index (χ4n) is 2.14. The Morgan fingerprint density at radius 1 is 1.35 bits per heavy atom. The van der Waals surface area contributed by atoms with Crippen molar-refractivity contribution in [1.29, 1.82) is 0 Å². The number of hydrogen-bond acceptors (Lipinski definition) is 4. The van der Waals surface area contributed by atoms with Crippen LogP contribution in [0, 0.1) is 0 Å². The first-order valence-electron chi connectivity index (χ1n) is 6.39. The first-order valence-corrected chi connectivity index (χ1v) is 8.05. The number of carbonyl (C=O) groups excluding carboxylic acids is 1. The maximum absolute atomic E-state index is 12.0. The summed E-state index contributed by atoms with van der Waals surface area (Å²) in [4.78, 5) is 13.6. The molecular formula is C13H18N2O4S. The quantitative estimate of drug-likeness (QED) is 0.870. The molecule has 1 amide bonds. The summed E-state index contributed by atoms with van der Waals surface area (Å²) in [6, 6.07) is 6.74. The molecule has 0 unspecified atom stereocenters. The summed E-state index contributed by atoms with van der Waals surface area (Å²) in [6.07, 6.45) is 0.186. The molecule has 0 saturated carbocycles. The van der Waals surface area contributed by atoms with Crippen molar-refractivity contribution in [3.05, 3.63) is 24.3 Å². The van der Waals surface area contributed by atoms with Crippen LogP contribution in [0.2, 0.25) is 0 Å². The number of ether oxygens (including phenoxy) is 1. The van der Waals surface area contributed by atoms with Gasteiger partial charge in [-0.3, -0.25) is 4.79 Å². The fourth-order valence-corrected chi connectivity index (χ4v) is 2.97. The lowest BCUT2D eigenvalue weighted by molar-refractivity contribution is -0.117. The highest BCUT2D eigenvalue weighted by atomic mass is 32.2. The third-order valence-corrected chi connectivity index (χ3v) is 4.69. The lowest BCUT2D eigenvalue weighted by Gasteiger charge is -2.17. The van der Waals surface area contributed by atoms with E-state index in [-0.39, 0.29) is 24.1 Å². The van der Waals surface area contributed by atoms with Gasteiger partial charge in [-0.25, -0.2) is 13.1 Å². The minimum absolute atomic E-state index is 0.0141.